The molecular weight excluding hydrogens is 580 g/mol. The molecule has 1 N–H and O–H groups in total. The Bertz CT molecular complexity index is 1560. The van der Waals surface area contributed by atoms with E-state index >= 15 is 0 Å². The summed E-state index contributed by atoms with van der Waals surface area (Å²) >= 11 is 4.66. The number of imide groups is 1. The van der Waals surface area contributed by atoms with Crippen molar-refractivity contribution in [3.8, 4) is 11.1 Å². The van der Waals surface area contributed by atoms with E-state index in [1.54, 1.807) is 24.3 Å². The van der Waals surface area contributed by atoms with Gasteiger partial charge in [-0.15, -0.1) is 11.3 Å². The molecule has 1 aliphatic rings. The first kappa shape index (κ1) is 26.5. The van der Waals surface area contributed by atoms with Crippen LogP contribution in [0.25, 0.3) is 11.1 Å². The predicted molar refractivity (Wildman–Crippen MR) is 153 cm³/mol. The summed E-state index contributed by atoms with van der Waals surface area (Å²) in [7, 11) is 1.28. The molecule has 1 aromatic heterocycles. The molecule has 1 unspecified atom stereocenters. The summed E-state index contributed by atoms with van der Waals surface area (Å²) < 4.78 is 5.96. The third-order valence-electron chi connectivity index (χ3n) is 6.56. The number of carbonyl (C=O) groups excluding carboxylic acids is 4. The average Bonchev–Trinajstić information content (AvgIpc) is 3.40. The maximum Gasteiger partial charge on any atom is 0.341 e. The van der Waals surface area contributed by atoms with Crippen LogP contribution in [0.15, 0.2) is 83.3 Å². The highest BCUT2D eigenvalue weighted by atomic mass is 79.9. The summed E-state index contributed by atoms with van der Waals surface area (Å²) in [4.78, 5) is 55.4. The van der Waals surface area contributed by atoms with E-state index in [-0.39, 0.29) is 28.1 Å². The first-order valence-electron chi connectivity index (χ1n) is 12.1. The number of esters is 1. The average molecular weight is 603 g/mol. The quantitative estimate of drug-likeness (QED) is 0.203. The van der Waals surface area contributed by atoms with Crippen LogP contribution in [0.2, 0.25) is 0 Å². The van der Waals surface area contributed by atoms with Gasteiger partial charge in [0.2, 0.25) is 5.91 Å². The second-order valence-electron chi connectivity index (χ2n) is 8.96. The number of ether oxygens (including phenoxy) is 1. The Morgan fingerprint density at radius 2 is 1.51 bits per heavy atom. The van der Waals surface area contributed by atoms with Gasteiger partial charge in [-0.25, -0.2) is 4.79 Å². The zero-order valence-electron chi connectivity index (χ0n) is 21.1. The largest absolute Gasteiger partial charge is 0.465 e. The van der Waals surface area contributed by atoms with Gasteiger partial charge >= 0.3 is 5.97 Å². The molecule has 0 spiro atoms. The molecule has 2 heterocycles. The summed E-state index contributed by atoms with van der Waals surface area (Å²) in [5.41, 5.74) is 2.95. The SMILES string of the molecule is COC(=O)c1c(NC(=O)C(Cc2ccccc2)N2C(=O)c3ccccc3C2=O)sc(C)c1-c1ccc(Br)cc1. The lowest BCUT2D eigenvalue weighted by Crippen LogP contribution is -2.48. The number of rotatable bonds is 7. The molecule has 4 aromatic rings. The van der Waals surface area contributed by atoms with E-state index in [2.05, 4.69) is 21.2 Å². The molecule has 5 rings (SSSR count). The highest BCUT2D eigenvalue weighted by molar-refractivity contribution is 9.10. The number of nitrogens with one attached hydrogen (secondary N) is 1. The van der Waals surface area contributed by atoms with Crippen molar-refractivity contribution >= 4 is 56.0 Å². The molecule has 0 saturated heterocycles. The molecule has 1 aliphatic heterocycles. The minimum absolute atomic E-state index is 0.107. The predicted octanol–water partition coefficient (Wildman–Crippen LogP) is 6.12. The first-order chi connectivity index (χ1) is 18.8. The first-order valence-corrected chi connectivity index (χ1v) is 13.7. The van der Waals surface area contributed by atoms with Crippen LogP contribution in [0.1, 0.15) is 41.5 Å². The van der Waals surface area contributed by atoms with E-state index in [4.69, 9.17) is 4.74 Å². The van der Waals surface area contributed by atoms with Gasteiger partial charge in [-0.05, 0) is 42.3 Å². The molecule has 39 heavy (non-hydrogen) atoms. The zero-order chi connectivity index (χ0) is 27.7. The maximum absolute atomic E-state index is 13.9. The molecule has 7 nitrogen and oxygen atoms in total. The molecule has 3 aromatic carbocycles. The number of carbonyl (C=O) groups is 4. The Morgan fingerprint density at radius 3 is 2.10 bits per heavy atom. The highest BCUT2D eigenvalue weighted by Crippen LogP contribution is 2.41. The Morgan fingerprint density at radius 1 is 0.923 bits per heavy atom. The van der Waals surface area contributed by atoms with Crippen LogP contribution in [-0.4, -0.2) is 41.7 Å². The van der Waals surface area contributed by atoms with Gasteiger partial charge in [0.05, 0.1) is 18.2 Å². The monoisotopic (exact) mass is 602 g/mol. The number of amides is 3. The van der Waals surface area contributed by atoms with Crippen molar-refractivity contribution in [2.24, 2.45) is 0 Å². The number of aryl methyl sites for hydroxylation is 1. The van der Waals surface area contributed by atoms with Crippen LogP contribution < -0.4 is 5.32 Å². The summed E-state index contributed by atoms with van der Waals surface area (Å²) in [6, 6.07) is 22.0. The van der Waals surface area contributed by atoms with Crippen LogP contribution in [0, 0.1) is 6.92 Å². The topological polar surface area (TPSA) is 92.8 Å². The lowest BCUT2D eigenvalue weighted by Gasteiger charge is -2.25. The fourth-order valence-corrected chi connectivity index (χ4v) is 6.05. The van der Waals surface area contributed by atoms with Gasteiger partial charge in [-0.3, -0.25) is 19.3 Å². The minimum atomic E-state index is -1.15. The molecule has 0 aliphatic carbocycles. The van der Waals surface area contributed by atoms with Gasteiger partial charge < -0.3 is 10.1 Å². The van der Waals surface area contributed by atoms with Crippen molar-refractivity contribution in [2.75, 3.05) is 12.4 Å². The molecule has 0 saturated carbocycles. The van der Waals surface area contributed by atoms with Gasteiger partial charge in [0.25, 0.3) is 11.8 Å². The Labute approximate surface area is 237 Å². The minimum Gasteiger partial charge on any atom is -0.465 e. The number of methoxy groups -OCH3 is 1. The van der Waals surface area contributed by atoms with E-state index in [9.17, 15) is 19.2 Å². The molecule has 9 heteroatoms. The number of anilines is 1. The molecule has 0 bridgehead atoms. The van der Waals surface area contributed by atoms with Crippen LogP contribution in [0.5, 0.6) is 0 Å². The number of hydrogen-bond acceptors (Lipinski definition) is 6. The van der Waals surface area contributed by atoms with Crippen molar-refractivity contribution < 1.29 is 23.9 Å². The number of hydrogen-bond donors (Lipinski definition) is 1. The highest BCUT2D eigenvalue weighted by Gasteiger charge is 2.43. The van der Waals surface area contributed by atoms with Crippen molar-refractivity contribution in [3.63, 3.8) is 0 Å². The Balaban J connectivity index is 1.55. The summed E-state index contributed by atoms with van der Waals surface area (Å²) in [6.45, 7) is 1.86. The third-order valence-corrected chi connectivity index (χ3v) is 8.10. The van der Waals surface area contributed by atoms with Gasteiger partial charge in [0.1, 0.15) is 16.6 Å². The summed E-state index contributed by atoms with van der Waals surface area (Å²) in [6.07, 6.45) is 0.107. The number of thiophene rings is 1. The lowest BCUT2D eigenvalue weighted by molar-refractivity contribution is -0.119. The standard InChI is InChI=1S/C30H23BrN2O5S/c1-17-24(19-12-14-20(31)15-13-19)25(30(37)38-2)27(39-17)32-26(34)23(16-18-8-4-3-5-9-18)33-28(35)21-10-6-7-11-22(21)29(33)36/h3-15,23H,16H2,1-2H3,(H,32,34). The van der Waals surface area contributed by atoms with E-state index in [1.807, 2.05) is 61.5 Å². The van der Waals surface area contributed by atoms with Gasteiger partial charge in [-0.1, -0.05) is 70.5 Å². The second-order valence-corrected chi connectivity index (χ2v) is 11.1. The van der Waals surface area contributed by atoms with Crippen molar-refractivity contribution in [1.29, 1.82) is 0 Å². The normalized spacial score (nSPS) is 13.3. The van der Waals surface area contributed by atoms with Crippen molar-refractivity contribution in [1.82, 2.24) is 4.90 Å². The van der Waals surface area contributed by atoms with E-state index in [0.717, 1.165) is 25.4 Å². The third kappa shape index (κ3) is 5.03. The molecule has 0 radical (unpaired) electrons. The number of benzene rings is 3. The summed E-state index contributed by atoms with van der Waals surface area (Å²) in [5.74, 6) is -2.24. The van der Waals surface area contributed by atoms with Crippen molar-refractivity contribution in [2.45, 2.75) is 19.4 Å². The molecule has 196 valence electrons. The Hall–Kier alpha value is -4.08. The van der Waals surface area contributed by atoms with Crippen LogP contribution in [0.4, 0.5) is 5.00 Å². The fraction of sp³-hybridized carbons (Fsp3) is 0.133. The van der Waals surface area contributed by atoms with Gasteiger partial charge in [-0.2, -0.15) is 0 Å². The molecular formula is C30H23BrN2O5S. The van der Waals surface area contributed by atoms with E-state index in [1.165, 1.54) is 18.4 Å². The van der Waals surface area contributed by atoms with Gasteiger partial charge in [0, 0.05) is 21.3 Å². The summed E-state index contributed by atoms with van der Waals surface area (Å²) in [5, 5.41) is 3.15. The Kier molecular flexibility index (Phi) is 7.45. The zero-order valence-corrected chi connectivity index (χ0v) is 23.5. The molecule has 3 amide bonds. The number of nitrogens with zero attached hydrogens (tertiary/aromatic N) is 1. The number of fused-ring (bicyclic) bond motifs is 1. The lowest BCUT2D eigenvalue weighted by atomic mass is 10.0. The smallest absolute Gasteiger partial charge is 0.341 e. The van der Waals surface area contributed by atoms with E-state index in [0.29, 0.717) is 5.56 Å². The molecule has 1 atom stereocenters. The van der Waals surface area contributed by atoms with Crippen LogP contribution >= 0.6 is 27.3 Å². The van der Waals surface area contributed by atoms with E-state index < -0.39 is 29.7 Å². The van der Waals surface area contributed by atoms with Crippen LogP contribution in [-0.2, 0) is 16.0 Å². The maximum atomic E-state index is 13.9. The van der Waals surface area contributed by atoms with Gasteiger partial charge in [0.15, 0.2) is 0 Å². The second kappa shape index (κ2) is 11.0. The number of halogens is 1. The fourth-order valence-electron chi connectivity index (χ4n) is 4.72. The van der Waals surface area contributed by atoms with Crippen LogP contribution in [0.3, 0.4) is 0 Å². The van der Waals surface area contributed by atoms with Crippen molar-refractivity contribution in [3.05, 3.63) is 110 Å². The molecule has 0 fully saturated rings.